The number of furan rings is 1. The van der Waals surface area contributed by atoms with Gasteiger partial charge in [-0.15, -0.1) is 5.10 Å². The molecule has 3 heterocycles. The highest BCUT2D eigenvalue weighted by atomic mass is 16.4. The average molecular weight is 344 g/mol. The molecule has 3 aromatic heterocycles. The number of hydrogen-bond acceptors (Lipinski definition) is 5. The highest BCUT2D eigenvalue weighted by Gasteiger charge is 2.16. The summed E-state index contributed by atoms with van der Waals surface area (Å²) in [5.74, 6) is 0.264. The van der Waals surface area contributed by atoms with Crippen molar-refractivity contribution in [3.63, 3.8) is 0 Å². The summed E-state index contributed by atoms with van der Waals surface area (Å²) in [5, 5.41) is 17.0. The number of aryl methyl sites for hydroxylation is 1. The fourth-order valence-corrected chi connectivity index (χ4v) is 2.66. The number of aliphatic hydroxyl groups excluding tert-OH is 1. The molecule has 25 heavy (non-hydrogen) atoms. The number of pyridine rings is 1. The first-order valence-corrected chi connectivity index (χ1v) is 8.09. The Bertz CT molecular complexity index is 897. The molecule has 0 radical (unpaired) electrons. The maximum Gasteiger partial charge on any atom is 0.350 e. The molecule has 8 heteroatoms. The van der Waals surface area contributed by atoms with E-state index in [4.69, 9.17) is 4.42 Å². The van der Waals surface area contributed by atoms with E-state index >= 15 is 0 Å². The number of rotatable bonds is 7. The number of fused-ring (bicyclic) bond motifs is 1. The van der Waals surface area contributed by atoms with Gasteiger partial charge in [0.15, 0.2) is 5.65 Å². The van der Waals surface area contributed by atoms with Crippen molar-refractivity contribution in [1.82, 2.24) is 19.5 Å². The molecule has 0 spiro atoms. The zero-order valence-electron chi connectivity index (χ0n) is 13.8. The van der Waals surface area contributed by atoms with Crippen molar-refractivity contribution in [3.05, 3.63) is 59.0 Å². The molecule has 2 unspecified atom stereocenters. The van der Waals surface area contributed by atoms with Crippen molar-refractivity contribution in [2.24, 2.45) is 0 Å². The second kappa shape index (κ2) is 7.35. The van der Waals surface area contributed by atoms with Gasteiger partial charge in [-0.1, -0.05) is 6.07 Å². The molecular weight excluding hydrogens is 324 g/mol. The largest absolute Gasteiger partial charge is 0.467 e. The summed E-state index contributed by atoms with van der Waals surface area (Å²) in [6.45, 7) is 2.00. The molecule has 0 fully saturated rings. The monoisotopic (exact) mass is 344 g/mol. The number of nitrogens with one attached hydrogen (secondary N) is 1. The minimum absolute atomic E-state index is 0.130. The second-order valence-electron chi connectivity index (χ2n) is 5.92. The lowest BCUT2D eigenvalue weighted by Crippen LogP contribution is -2.35. The summed E-state index contributed by atoms with van der Waals surface area (Å²) in [6.07, 6.45) is 2.83. The molecule has 0 aliphatic carbocycles. The summed E-state index contributed by atoms with van der Waals surface area (Å²) in [5.41, 5.74) is 0.271. The molecule has 3 rings (SSSR count). The highest BCUT2D eigenvalue weighted by Crippen LogP contribution is 2.18. The van der Waals surface area contributed by atoms with Gasteiger partial charge in [-0.2, -0.15) is 0 Å². The minimum Gasteiger partial charge on any atom is -0.467 e. The number of carbonyl (C=O) groups is 1. The number of carbonyl (C=O) groups excluding carboxylic acids is 1. The molecule has 2 N–H and O–H groups in total. The zero-order valence-corrected chi connectivity index (χ0v) is 13.8. The molecule has 0 aliphatic heterocycles. The first-order valence-electron chi connectivity index (χ1n) is 8.09. The average Bonchev–Trinajstić information content (AvgIpc) is 3.22. The van der Waals surface area contributed by atoms with E-state index in [9.17, 15) is 14.7 Å². The van der Waals surface area contributed by atoms with E-state index in [0.717, 1.165) is 0 Å². The van der Waals surface area contributed by atoms with Crippen LogP contribution in [0.15, 0.2) is 52.0 Å². The van der Waals surface area contributed by atoms with Crippen LogP contribution >= 0.6 is 0 Å². The van der Waals surface area contributed by atoms with Crippen LogP contribution in [0, 0.1) is 0 Å². The third-order valence-electron chi connectivity index (χ3n) is 3.89. The molecule has 1 amide bonds. The van der Waals surface area contributed by atoms with Crippen molar-refractivity contribution < 1.29 is 14.3 Å². The van der Waals surface area contributed by atoms with Crippen LogP contribution in [0.2, 0.25) is 0 Å². The Morgan fingerprint density at radius 2 is 2.20 bits per heavy atom. The Morgan fingerprint density at radius 1 is 1.36 bits per heavy atom. The zero-order chi connectivity index (χ0) is 17.8. The SMILES string of the molecule is CC(CC(O)c1ccco1)NC(=O)CCn1nc2ccccn2c1=O. The van der Waals surface area contributed by atoms with Crippen LogP contribution < -0.4 is 11.0 Å². The van der Waals surface area contributed by atoms with Gasteiger partial charge in [0, 0.05) is 25.1 Å². The van der Waals surface area contributed by atoms with E-state index in [1.165, 1.54) is 15.3 Å². The quantitative estimate of drug-likeness (QED) is 0.668. The first kappa shape index (κ1) is 17.0. The Morgan fingerprint density at radius 3 is 2.92 bits per heavy atom. The Kier molecular flexibility index (Phi) is 4.99. The molecule has 132 valence electrons. The third-order valence-corrected chi connectivity index (χ3v) is 3.89. The molecule has 0 aromatic carbocycles. The first-order chi connectivity index (χ1) is 12.0. The van der Waals surface area contributed by atoms with E-state index in [2.05, 4.69) is 10.4 Å². The second-order valence-corrected chi connectivity index (χ2v) is 5.92. The van der Waals surface area contributed by atoms with Crippen LogP contribution in [0.4, 0.5) is 0 Å². The fraction of sp³-hybridized carbons (Fsp3) is 0.353. The Hall–Kier alpha value is -2.87. The summed E-state index contributed by atoms with van der Waals surface area (Å²) in [4.78, 5) is 24.2. The van der Waals surface area contributed by atoms with Crippen molar-refractivity contribution >= 4 is 11.6 Å². The summed E-state index contributed by atoms with van der Waals surface area (Å²) >= 11 is 0. The molecular formula is C17H20N4O4. The van der Waals surface area contributed by atoms with Gasteiger partial charge in [-0.25, -0.2) is 9.48 Å². The smallest absolute Gasteiger partial charge is 0.350 e. The summed E-state index contributed by atoms with van der Waals surface area (Å²) in [6, 6.07) is 8.44. The number of aliphatic hydroxyl groups is 1. The van der Waals surface area contributed by atoms with E-state index in [-0.39, 0.29) is 30.6 Å². The van der Waals surface area contributed by atoms with E-state index in [0.29, 0.717) is 17.8 Å². The molecule has 0 saturated carbocycles. The van der Waals surface area contributed by atoms with Gasteiger partial charge in [0.25, 0.3) is 0 Å². The predicted molar refractivity (Wildman–Crippen MR) is 90.0 cm³/mol. The van der Waals surface area contributed by atoms with E-state index < -0.39 is 6.10 Å². The normalized spacial score (nSPS) is 13.7. The fourth-order valence-electron chi connectivity index (χ4n) is 2.66. The highest BCUT2D eigenvalue weighted by molar-refractivity contribution is 5.76. The van der Waals surface area contributed by atoms with Gasteiger partial charge in [0.2, 0.25) is 5.91 Å². The van der Waals surface area contributed by atoms with E-state index in [1.807, 2.05) is 0 Å². The van der Waals surface area contributed by atoms with Gasteiger partial charge in [0.1, 0.15) is 11.9 Å². The topological polar surface area (TPSA) is 102 Å². The Labute approximate surface area is 143 Å². The maximum absolute atomic E-state index is 12.1. The molecule has 2 atom stereocenters. The van der Waals surface area contributed by atoms with Crippen molar-refractivity contribution in [3.8, 4) is 0 Å². The number of nitrogens with zero attached hydrogens (tertiary/aromatic N) is 3. The van der Waals surface area contributed by atoms with Crippen LogP contribution in [0.3, 0.4) is 0 Å². The number of amides is 1. The van der Waals surface area contributed by atoms with Crippen LogP contribution in [0.1, 0.15) is 31.6 Å². The van der Waals surface area contributed by atoms with Gasteiger partial charge in [-0.3, -0.25) is 9.20 Å². The standard InChI is InChI=1S/C17H20N4O4/c1-12(11-13(22)14-5-4-10-25-14)18-16(23)7-9-21-17(24)20-8-3-2-6-15(20)19-21/h2-6,8,10,12-13,22H,7,9,11H2,1H3,(H,18,23). The number of aromatic nitrogens is 3. The van der Waals surface area contributed by atoms with Crippen molar-refractivity contribution in [2.45, 2.75) is 38.5 Å². The van der Waals surface area contributed by atoms with Crippen LogP contribution in [-0.2, 0) is 11.3 Å². The minimum atomic E-state index is -0.772. The summed E-state index contributed by atoms with van der Waals surface area (Å²) < 4.78 is 7.84. The number of hydrogen-bond donors (Lipinski definition) is 2. The van der Waals surface area contributed by atoms with Gasteiger partial charge < -0.3 is 14.8 Å². The maximum atomic E-state index is 12.1. The Balaban J connectivity index is 1.52. The van der Waals surface area contributed by atoms with Crippen LogP contribution in [0.25, 0.3) is 5.65 Å². The lowest BCUT2D eigenvalue weighted by molar-refractivity contribution is -0.122. The lowest BCUT2D eigenvalue weighted by atomic mass is 10.1. The van der Waals surface area contributed by atoms with E-state index in [1.54, 1.807) is 43.5 Å². The van der Waals surface area contributed by atoms with Gasteiger partial charge >= 0.3 is 5.69 Å². The van der Waals surface area contributed by atoms with Crippen LogP contribution in [0.5, 0.6) is 0 Å². The van der Waals surface area contributed by atoms with Crippen LogP contribution in [-0.4, -0.2) is 31.2 Å². The molecule has 8 nitrogen and oxygen atoms in total. The van der Waals surface area contributed by atoms with Gasteiger partial charge in [-0.05, 0) is 31.2 Å². The molecule has 3 aromatic rings. The third kappa shape index (κ3) is 3.97. The lowest BCUT2D eigenvalue weighted by Gasteiger charge is -2.16. The van der Waals surface area contributed by atoms with Gasteiger partial charge in [0.05, 0.1) is 12.8 Å². The predicted octanol–water partition coefficient (Wildman–Crippen LogP) is 1.11. The molecule has 0 bridgehead atoms. The molecule has 0 aliphatic rings. The van der Waals surface area contributed by atoms with Crippen molar-refractivity contribution in [2.75, 3.05) is 0 Å². The van der Waals surface area contributed by atoms with Crippen molar-refractivity contribution in [1.29, 1.82) is 0 Å². The summed E-state index contributed by atoms with van der Waals surface area (Å²) in [7, 11) is 0. The molecule has 0 saturated heterocycles.